The Morgan fingerprint density at radius 1 is 1.50 bits per heavy atom. The minimum absolute atomic E-state index is 0.00644. The molecule has 0 aliphatic heterocycles. The van der Waals surface area contributed by atoms with E-state index in [1.54, 1.807) is 4.90 Å². The highest BCUT2D eigenvalue weighted by Crippen LogP contribution is 1.98. The van der Waals surface area contributed by atoms with Gasteiger partial charge in [0.25, 0.3) is 0 Å². The lowest BCUT2D eigenvalue weighted by atomic mass is 10.2. The highest BCUT2D eigenvalue weighted by atomic mass is 16.3. The van der Waals surface area contributed by atoms with Crippen LogP contribution in [0, 0.1) is 11.3 Å². The number of carbonyl (C=O) groups is 1. The monoisotopic (exact) mass is 227 g/mol. The summed E-state index contributed by atoms with van der Waals surface area (Å²) in [5.74, 6) is -0.00644. The molecule has 2 N–H and O–H groups in total. The molecule has 0 heterocycles. The van der Waals surface area contributed by atoms with Crippen LogP contribution in [0.1, 0.15) is 26.7 Å². The van der Waals surface area contributed by atoms with E-state index < -0.39 is 6.04 Å². The van der Waals surface area contributed by atoms with Crippen molar-refractivity contribution in [3.05, 3.63) is 0 Å². The number of aliphatic hydroxyl groups is 1. The SMILES string of the molecule is CCN(CC)C(=O)CC(C#N)NCCCO. The van der Waals surface area contributed by atoms with Gasteiger partial charge in [0.1, 0.15) is 6.04 Å². The summed E-state index contributed by atoms with van der Waals surface area (Å²) in [5, 5.41) is 20.4. The van der Waals surface area contributed by atoms with E-state index in [-0.39, 0.29) is 18.9 Å². The first kappa shape index (κ1) is 14.9. The molecule has 0 bridgehead atoms. The van der Waals surface area contributed by atoms with Gasteiger partial charge < -0.3 is 15.3 Å². The number of nitrogens with zero attached hydrogens (tertiary/aromatic N) is 2. The number of amides is 1. The number of aliphatic hydroxyl groups excluding tert-OH is 1. The fourth-order valence-corrected chi connectivity index (χ4v) is 1.40. The first-order valence-corrected chi connectivity index (χ1v) is 5.71. The molecule has 0 aliphatic rings. The van der Waals surface area contributed by atoms with Crippen LogP contribution in [0.2, 0.25) is 0 Å². The van der Waals surface area contributed by atoms with Gasteiger partial charge in [-0.15, -0.1) is 0 Å². The lowest BCUT2D eigenvalue weighted by Gasteiger charge is -2.20. The average Bonchev–Trinajstić information content (AvgIpc) is 2.29. The second-order valence-corrected chi connectivity index (χ2v) is 3.48. The molecule has 0 aromatic heterocycles. The fraction of sp³-hybridized carbons (Fsp3) is 0.818. The number of nitrogens with one attached hydrogen (secondary N) is 1. The zero-order chi connectivity index (χ0) is 12.4. The molecule has 0 aromatic carbocycles. The smallest absolute Gasteiger partial charge is 0.225 e. The van der Waals surface area contributed by atoms with E-state index >= 15 is 0 Å². The van der Waals surface area contributed by atoms with Crippen LogP contribution in [0.3, 0.4) is 0 Å². The molecule has 0 radical (unpaired) electrons. The number of hydrogen-bond donors (Lipinski definition) is 2. The Hall–Kier alpha value is -1.12. The van der Waals surface area contributed by atoms with E-state index in [2.05, 4.69) is 11.4 Å². The number of rotatable bonds is 8. The van der Waals surface area contributed by atoms with Gasteiger partial charge in [0.15, 0.2) is 0 Å². The van der Waals surface area contributed by atoms with Crippen molar-refractivity contribution in [1.82, 2.24) is 10.2 Å². The second kappa shape index (κ2) is 9.13. The molecule has 0 fully saturated rings. The molecule has 5 nitrogen and oxygen atoms in total. The van der Waals surface area contributed by atoms with Gasteiger partial charge in [0, 0.05) is 19.7 Å². The summed E-state index contributed by atoms with van der Waals surface area (Å²) in [6.45, 7) is 5.83. The fourth-order valence-electron chi connectivity index (χ4n) is 1.40. The maximum atomic E-state index is 11.7. The molecule has 1 atom stereocenters. The largest absolute Gasteiger partial charge is 0.396 e. The molecule has 0 aliphatic carbocycles. The topological polar surface area (TPSA) is 76.4 Å². The normalized spacial score (nSPS) is 11.9. The minimum atomic E-state index is -0.459. The standard InChI is InChI=1S/C11H21N3O2/c1-3-14(4-2)11(16)8-10(9-12)13-6-5-7-15/h10,13,15H,3-8H2,1-2H3. The van der Waals surface area contributed by atoms with E-state index in [1.165, 1.54) is 0 Å². The Bertz CT molecular complexity index is 234. The summed E-state index contributed by atoms with van der Waals surface area (Å²) < 4.78 is 0. The van der Waals surface area contributed by atoms with Gasteiger partial charge in [-0.1, -0.05) is 0 Å². The van der Waals surface area contributed by atoms with Crippen molar-refractivity contribution >= 4 is 5.91 Å². The Kier molecular flexibility index (Phi) is 8.49. The summed E-state index contributed by atoms with van der Waals surface area (Å²) in [7, 11) is 0. The molecule has 1 unspecified atom stereocenters. The summed E-state index contributed by atoms with van der Waals surface area (Å²) in [6, 6.07) is 1.60. The van der Waals surface area contributed by atoms with Gasteiger partial charge in [-0.25, -0.2) is 0 Å². The van der Waals surface area contributed by atoms with Gasteiger partial charge in [-0.3, -0.25) is 4.79 Å². The maximum absolute atomic E-state index is 11.7. The maximum Gasteiger partial charge on any atom is 0.225 e. The van der Waals surface area contributed by atoms with Crippen LogP contribution in [-0.2, 0) is 4.79 Å². The third-order valence-electron chi connectivity index (χ3n) is 2.38. The Labute approximate surface area is 97.0 Å². The second-order valence-electron chi connectivity index (χ2n) is 3.48. The highest BCUT2D eigenvalue weighted by molar-refractivity contribution is 5.77. The summed E-state index contributed by atoms with van der Waals surface area (Å²) in [5.41, 5.74) is 0. The van der Waals surface area contributed by atoms with Crippen LogP contribution in [-0.4, -0.2) is 48.2 Å². The van der Waals surface area contributed by atoms with Crippen molar-refractivity contribution in [2.45, 2.75) is 32.7 Å². The minimum Gasteiger partial charge on any atom is -0.396 e. The van der Waals surface area contributed by atoms with Crippen LogP contribution < -0.4 is 5.32 Å². The zero-order valence-electron chi connectivity index (χ0n) is 10.1. The van der Waals surface area contributed by atoms with Gasteiger partial charge in [-0.05, 0) is 26.8 Å². The Balaban J connectivity index is 4.01. The molecule has 0 spiro atoms. The summed E-state index contributed by atoms with van der Waals surface area (Å²) >= 11 is 0. The quantitative estimate of drug-likeness (QED) is 0.577. The number of hydrogen-bond acceptors (Lipinski definition) is 4. The van der Waals surface area contributed by atoms with Crippen molar-refractivity contribution in [2.75, 3.05) is 26.2 Å². The lowest BCUT2D eigenvalue weighted by Crippen LogP contribution is -2.38. The van der Waals surface area contributed by atoms with Crippen LogP contribution in [0.4, 0.5) is 0 Å². The first-order chi connectivity index (χ1) is 7.69. The Morgan fingerprint density at radius 2 is 2.12 bits per heavy atom. The first-order valence-electron chi connectivity index (χ1n) is 5.71. The van der Waals surface area contributed by atoms with Crippen molar-refractivity contribution in [2.24, 2.45) is 0 Å². The summed E-state index contributed by atoms with van der Waals surface area (Å²) in [4.78, 5) is 13.4. The molecule has 5 heteroatoms. The van der Waals surface area contributed by atoms with E-state index in [0.717, 1.165) is 0 Å². The van der Waals surface area contributed by atoms with Crippen LogP contribution in [0.15, 0.2) is 0 Å². The van der Waals surface area contributed by atoms with Crippen molar-refractivity contribution in [1.29, 1.82) is 5.26 Å². The van der Waals surface area contributed by atoms with Gasteiger partial charge in [0.2, 0.25) is 5.91 Å². The van der Waals surface area contributed by atoms with Crippen LogP contribution in [0.25, 0.3) is 0 Å². The van der Waals surface area contributed by atoms with Crippen molar-refractivity contribution in [3.63, 3.8) is 0 Å². The van der Waals surface area contributed by atoms with Gasteiger partial charge in [0.05, 0.1) is 12.5 Å². The molecular formula is C11H21N3O2. The molecule has 92 valence electrons. The zero-order valence-corrected chi connectivity index (χ0v) is 10.1. The van der Waals surface area contributed by atoms with Crippen molar-refractivity contribution in [3.8, 4) is 6.07 Å². The van der Waals surface area contributed by atoms with Crippen molar-refractivity contribution < 1.29 is 9.90 Å². The predicted molar refractivity (Wildman–Crippen MR) is 61.7 cm³/mol. The van der Waals surface area contributed by atoms with E-state index in [1.807, 2.05) is 13.8 Å². The molecule has 0 saturated carbocycles. The molecule has 0 saturated heterocycles. The predicted octanol–water partition coefficient (Wildman–Crippen LogP) is 0.109. The molecule has 16 heavy (non-hydrogen) atoms. The third kappa shape index (κ3) is 5.69. The summed E-state index contributed by atoms with van der Waals surface area (Å²) in [6.07, 6.45) is 0.793. The van der Waals surface area contributed by atoms with E-state index in [4.69, 9.17) is 10.4 Å². The molecule has 0 rings (SSSR count). The van der Waals surface area contributed by atoms with Gasteiger partial charge in [-0.2, -0.15) is 5.26 Å². The van der Waals surface area contributed by atoms with Gasteiger partial charge >= 0.3 is 0 Å². The molecule has 0 aromatic rings. The van der Waals surface area contributed by atoms with E-state index in [0.29, 0.717) is 26.1 Å². The molecular weight excluding hydrogens is 206 g/mol. The number of carbonyl (C=O) groups excluding carboxylic acids is 1. The Morgan fingerprint density at radius 3 is 2.56 bits per heavy atom. The average molecular weight is 227 g/mol. The van der Waals surface area contributed by atoms with Crippen LogP contribution in [0.5, 0.6) is 0 Å². The lowest BCUT2D eigenvalue weighted by molar-refractivity contribution is -0.131. The van der Waals surface area contributed by atoms with E-state index in [9.17, 15) is 4.79 Å². The van der Waals surface area contributed by atoms with Crippen LogP contribution >= 0.6 is 0 Å². The molecule has 1 amide bonds. The highest BCUT2D eigenvalue weighted by Gasteiger charge is 2.16. The third-order valence-corrected chi connectivity index (χ3v) is 2.38. The number of nitriles is 1.